The van der Waals surface area contributed by atoms with Crippen LogP contribution >= 0.6 is 12.2 Å². The molecule has 92 valence electrons. The van der Waals surface area contributed by atoms with Crippen molar-refractivity contribution in [1.82, 2.24) is 4.57 Å². The maximum Gasteiger partial charge on any atom is 0.253 e. The Morgan fingerprint density at radius 2 is 2.11 bits per heavy atom. The molecular weight excluding hydrogens is 244 g/mol. The Hall–Kier alpha value is -1.94. The number of pyridine rings is 1. The number of aromatic nitrogens is 1. The molecule has 0 atom stereocenters. The predicted molar refractivity (Wildman–Crippen MR) is 76.9 cm³/mol. The van der Waals surface area contributed by atoms with E-state index in [1.807, 2.05) is 43.3 Å². The number of nitrogens with zero attached hydrogens (tertiary/aromatic N) is 1. The van der Waals surface area contributed by atoms with E-state index < -0.39 is 0 Å². The minimum absolute atomic E-state index is 0.0261. The molecule has 0 spiro atoms. The predicted octanol–water partition coefficient (Wildman–Crippen LogP) is 1.84. The molecule has 0 saturated carbocycles. The van der Waals surface area contributed by atoms with Crippen LogP contribution in [0, 0.1) is 6.92 Å². The molecule has 2 aromatic rings. The summed E-state index contributed by atoms with van der Waals surface area (Å²) in [6, 6.07) is 11.3. The van der Waals surface area contributed by atoms with E-state index in [9.17, 15) is 4.79 Å². The molecule has 18 heavy (non-hydrogen) atoms. The highest BCUT2D eigenvalue weighted by atomic mass is 32.1. The van der Waals surface area contributed by atoms with Crippen LogP contribution in [0.5, 0.6) is 0 Å². The van der Waals surface area contributed by atoms with Gasteiger partial charge in [0.05, 0.1) is 6.54 Å². The molecule has 0 saturated heterocycles. The fraction of sp³-hybridized carbons (Fsp3) is 0.143. The Bertz CT molecular complexity index is 646. The van der Waals surface area contributed by atoms with Crippen molar-refractivity contribution in [3.8, 4) is 0 Å². The molecule has 1 heterocycles. The summed E-state index contributed by atoms with van der Waals surface area (Å²) >= 11 is 4.94. The summed E-state index contributed by atoms with van der Waals surface area (Å²) in [5, 5.41) is 0. The number of thiocarbonyl (C=S) groups is 1. The first-order valence-electron chi connectivity index (χ1n) is 5.63. The molecule has 0 amide bonds. The van der Waals surface area contributed by atoms with Crippen LogP contribution < -0.4 is 11.3 Å². The quantitative estimate of drug-likeness (QED) is 0.855. The Morgan fingerprint density at radius 3 is 2.83 bits per heavy atom. The Balaban J connectivity index is 2.34. The summed E-state index contributed by atoms with van der Waals surface area (Å²) < 4.78 is 1.67. The van der Waals surface area contributed by atoms with E-state index in [2.05, 4.69) is 0 Å². The summed E-state index contributed by atoms with van der Waals surface area (Å²) in [6.07, 6.45) is 1.78. The van der Waals surface area contributed by atoms with Crippen LogP contribution in [-0.2, 0) is 6.54 Å². The molecule has 2 N–H and O–H groups in total. The number of benzene rings is 1. The summed E-state index contributed by atoms with van der Waals surface area (Å²) in [7, 11) is 0. The van der Waals surface area contributed by atoms with Crippen molar-refractivity contribution in [3.63, 3.8) is 0 Å². The molecule has 0 aliphatic heterocycles. The molecule has 4 heteroatoms. The molecule has 0 bridgehead atoms. The maximum atomic E-state index is 11.9. The van der Waals surface area contributed by atoms with Crippen molar-refractivity contribution < 1.29 is 0 Å². The van der Waals surface area contributed by atoms with Crippen LogP contribution in [0.15, 0.2) is 47.4 Å². The van der Waals surface area contributed by atoms with Crippen LogP contribution in [0.1, 0.15) is 16.7 Å². The van der Waals surface area contributed by atoms with Crippen molar-refractivity contribution in [2.45, 2.75) is 13.5 Å². The lowest BCUT2D eigenvalue weighted by atomic mass is 10.1. The van der Waals surface area contributed by atoms with E-state index in [1.54, 1.807) is 10.8 Å². The van der Waals surface area contributed by atoms with Crippen molar-refractivity contribution in [2.24, 2.45) is 5.73 Å². The van der Waals surface area contributed by atoms with Gasteiger partial charge in [0.2, 0.25) is 0 Å². The van der Waals surface area contributed by atoms with E-state index in [1.165, 1.54) is 0 Å². The standard InChI is InChI=1S/C14H14N2OS/c1-10-4-3-7-16(14(10)17)9-11-5-2-6-12(8-11)13(15)18/h2-8H,9H2,1H3,(H2,15,18). The second-order valence-electron chi connectivity index (χ2n) is 4.19. The van der Waals surface area contributed by atoms with Gasteiger partial charge in [-0.2, -0.15) is 0 Å². The highest BCUT2D eigenvalue weighted by molar-refractivity contribution is 7.80. The first-order chi connectivity index (χ1) is 8.58. The first-order valence-corrected chi connectivity index (χ1v) is 6.03. The summed E-state index contributed by atoms with van der Waals surface area (Å²) in [5.74, 6) is 0. The number of hydrogen-bond donors (Lipinski definition) is 1. The van der Waals surface area contributed by atoms with Gasteiger partial charge in [-0.15, -0.1) is 0 Å². The highest BCUT2D eigenvalue weighted by Gasteiger charge is 2.02. The zero-order chi connectivity index (χ0) is 13.1. The SMILES string of the molecule is Cc1cccn(Cc2cccc(C(N)=S)c2)c1=O. The largest absolute Gasteiger partial charge is 0.389 e. The van der Waals surface area contributed by atoms with E-state index >= 15 is 0 Å². The third-order valence-corrected chi connectivity index (χ3v) is 3.01. The lowest BCUT2D eigenvalue weighted by Gasteiger charge is -2.08. The molecule has 0 fully saturated rings. The zero-order valence-corrected chi connectivity index (χ0v) is 10.9. The number of aryl methyl sites for hydroxylation is 1. The van der Waals surface area contributed by atoms with Gasteiger partial charge in [-0.3, -0.25) is 4.79 Å². The van der Waals surface area contributed by atoms with Gasteiger partial charge in [0.25, 0.3) is 5.56 Å². The van der Waals surface area contributed by atoms with Crippen molar-refractivity contribution in [1.29, 1.82) is 0 Å². The molecule has 1 aromatic heterocycles. The molecule has 0 aliphatic rings. The third kappa shape index (κ3) is 2.65. The van der Waals surface area contributed by atoms with E-state index in [-0.39, 0.29) is 5.56 Å². The van der Waals surface area contributed by atoms with Gasteiger partial charge in [0.15, 0.2) is 0 Å². The van der Waals surface area contributed by atoms with Crippen LogP contribution in [-0.4, -0.2) is 9.56 Å². The minimum atomic E-state index is 0.0261. The second-order valence-corrected chi connectivity index (χ2v) is 4.63. The van der Waals surface area contributed by atoms with Gasteiger partial charge >= 0.3 is 0 Å². The Kier molecular flexibility index (Phi) is 3.58. The molecule has 3 nitrogen and oxygen atoms in total. The molecular formula is C14H14N2OS. The van der Waals surface area contributed by atoms with Crippen LogP contribution in [0.2, 0.25) is 0 Å². The fourth-order valence-corrected chi connectivity index (χ4v) is 1.93. The van der Waals surface area contributed by atoms with E-state index in [4.69, 9.17) is 18.0 Å². The number of nitrogens with two attached hydrogens (primary N) is 1. The molecule has 2 rings (SSSR count). The molecule has 0 unspecified atom stereocenters. The monoisotopic (exact) mass is 258 g/mol. The molecule has 0 aliphatic carbocycles. The van der Waals surface area contributed by atoms with E-state index in [0.29, 0.717) is 11.5 Å². The van der Waals surface area contributed by atoms with Crippen molar-refractivity contribution >= 4 is 17.2 Å². The molecule has 0 radical (unpaired) electrons. The number of rotatable bonds is 3. The van der Waals surface area contributed by atoms with Gasteiger partial charge in [-0.1, -0.05) is 36.5 Å². The lowest BCUT2D eigenvalue weighted by molar-refractivity contribution is 0.752. The smallest absolute Gasteiger partial charge is 0.253 e. The van der Waals surface area contributed by atoms with Crippen LogP contribution in [0.4, 0.5) is 0 Å². The van der Waals surface area contributed by atoms with Gasteiger partial charge < -0.3 is 10.3 Å². The van der Waals surface area contributed by atoms with Crippen molar-refractivity contribution in [3.05, 3.63) is 69.6 Å². The fourth-order valence-electron chi connectivity index (χ4n) is 1.80. The second kappa shape index (κ2) is 5.14. The van der Waals surface area contributed by atoms with Gasteiger partial charge in [0.1, 0.15) is 4.99 Å². The first kappa shape index (κ1) is 12.5. The van der Waals surface area contributed by atoms with Crippen LogP contribution in [0.3, 0.4) is 0 Å². The molecule has 1 aromatic carbocycles. The maximum absolute atomic E-state index is 11.9. The number of hydrogen-bond acceptors (Lipinski definition) is 2. The average Bonchev–Trinajstić information content (AvgIpc) is 2.35. The summed E-state index contributed by atoms with van der Waals surface area (Å²) in [5.41, 5.74) is 8.19. The average molecular weight is 258 g/mol. The summed E-state index contributed by atoms with van der Waals surface area (Å²) in [6.45, 7) is 2.33. The van der Waals surface area contributed by atoms with Crippen molar-refractivity contribution in [2.75, 3.05) is 0 Å². The summed E-state index contributed by atoms with van der Waals surface area (Å²) in [4.78, 5) is 12.3. The topological polar surface area (TPSA) is 48.0 Å². The van der Waals surface area contributed by atoms with Gasteiger partial charge in [-0.05, 0) is 24.6 Å². The van der Waals surface area contributed by atoms with Gasteiger partial charge in [-0.25, -0.2) is 0 Å². The highest BCUT2D eigenvalue weighted by Crippen LogP contribution is 2.06. The third-order valence-electron chi connectivity index (χ3n) is 2.77. The van der Waals surface area contributed by atoms with E-state index in [0.717, 1.165) is 16.7 Å². The van der Waals surface area contributed by atoms with Crippen LogP contribution in [0.25, 0.3) is 0 Å². The van der Waals surface area contributed by atoms with Gasteiger partial charge in [0, 0.05) is 17.3 Å². The zero-order valence-electron chi connectivity index (χ0n) is 10.1. The lowest BCUT2D eigenvalue weighted by Crippen LogP contribution is -2.21. The Morgan fingerprint density at radius 1 is 1.33 bits per heavy atom. The minimum Gasteiger partial charge on any atom is -0.389 e. The normalized spacial score (nSPS) is 10.3. The Labute approximate surface area is 111 Å².